The van der Waals surface area contributed by atoms with Crippen LogP contribution in [0.3, 0.4) is 0 Å². The molecule has 7 nitrogen and oxygen atoms in total. The third kappa shape index (κ3) is 3.29. The van der Waals surface area contributed by atoms with Gasteiger partial charge in [-0.05, 0) is 24.3 Å². The first-order chi connectivity index (χ1) is 12.6. The molecule has 0 amide bonds. The molecular weight excluding hydrogens is 376 g/mol. The number of hydrogen-bond donors (Lipinski definition) is 1. The van der Waals surface area contributed by atoms with Crippen molar-refractivity contribution < 1.29 is 13.9 Å². The number of esters is 1. The van der Waals surface area contributed by atoms with E-state index in [4.69, 9.17) is 16.0 Å². The Morgan fingerprint density at radius 3 is 2.85 bits per heavy atom. The molecule has 1 aromatic carbocycles. The van der Waals surface area contributed by atoms with Crippen molar-refractivity contribution in [3.05, 3.63) is 59.1 Å². The normalized spacial score (nSPS) is 11.0. The van der Waals surface area contributed by atoms with Crippen LogP contribution in [0.1, 0.15) is 16.3 Å². The molecule has 26 heavy (non-hydrogen) atoms. The molecule has 3 aromatic heterocycles. The lowest BCUT2D eigenvalue weighted by molar-refractivity contribution is 0.0563. The molecule has 0 aliphatic carbocycles. The molecule has 0 aliphatic heterocycles. The van der Waals surface area contributed by atoms with E-state index < -0.39 is 5.97 Å². The highest BCUT2D eigenvalue weighted by molar-refractivity contribution is 7.20. The lowest BCUT2D eigenvalue weighted by Gasteiger charge is -1.98. The summed E-state index contributed by atoms with van der Waals surface area (Å²) in [5.41, 5.74) is 1.81. The fourth-order valence-electron chi connectivity index (χ4n) is 2.38. The molecule has 0 unspecified atom stereocenters. The van der Waals surface area contributed by atoms with Crippen LogP contribution in [0.2, 0.25) is 5.02 Å². The molecule has 0 fully saturated rings. The summed E-state index contributed by atoms with van der Waals surface area (Å²) in [6, 6.07) is 10.8. The van der Waals surface area contributed by atoms with Crippen LogP contribution in [0, 0.1) is 0 Å². The topological polar surface area (TPSA) is 81.7 Å². The molecule has 132 valence electrons. The largest absolute Gasteiger partial charge is 0.463 e. The van der Waals surface area contributed by atoms with E-state index in [-0.39, 0.29) is 5.76 Å². The molecule has 0 atom stereocenters. The Morgan fingerprint density at radius 1 is 1.31 bits per heavy atom. The smallest absolute Gasteiger partial charge is 0.373 e. The number of ether oxygens (including phenoxy) is 1. The van der Waals surface area contributed by atoms with Gasteiger partial charge >= 0.3 is 5.97 Å². The lowest BCUT2D eigenvalue weighted by atomic mass is 10.2. The molecule has 4 aromatic rings. The number of aromatic nitrogens is 3. The van der Waals surface area contributed by atoms with Crippen molar-refractivity contribution in [3.8, 4) is 11.3 Å². The number of imidazole rings is 1. The first kappa shape index (κ1) is 16.6. The van der Waals surface area contributed by atoms with E-state index in [2.05, 4.69) is 20.1 Å². The fraction of sp³-hybridized carbons (Fsp3) is 0.118. The molecule has 0 saturated heterocycles. The van der Waals surface area contributed by atoms with Gasteiger partial charge in [-0.25, -0.2) is 14.3 Å². The predicted molar refractivity (Wildman–Crippen MR) is 98.7 cm³/mol. The molecule has 0 bridgehead atoms. The average Bonchev–Trinajstić information content (AvgIpc) is 3.34. The highest BCUT2D eigenvalue weighted by Gasteiger charge is 2.13. The molecule has 0 spiro atoms. The number of nitrogens with one attached hydrogen (secondary N) is 1. The van der Waals surface area contributed by atoms with Crippen LogP contribution < -0.4 is 5.32 Å². The van der Waals surface area contributed by atoms with Gasteiger partial charge in [0.25, 0.3) is 0 Å². The number of furan rings is 1. The minimum absolute atomic E-state index is 0.172. The van der Waals surface area contributed by atoms with Crippen LogP contribution in [0.4, 0.5) is 5.13 Å². The minimum atomic E-state index is -0.501. The highest BCUT2D eigenvalue weighted by atomic mass is 35.5. The number of methoxy groups -OCH3 is 1. The van der Waals surface area contributed by atoms with Crippen molar-refractivity contribution in [1.82, 2.24) is 14.6 Å². The fourth-order valence-corrected chi connectivity index (χ4v) is 3.28. The van der Waals surface area contributed by atoms with Crippen molar-refractivity contribution in [2.75, 3.05) is 12.4 Å². The van der Waals surface area contributed by atoms with Gasteiger partial charge in [0.05, 0.1) is 25.5 Å². The van der Waals surface area contributed by atoms with Crippen LogP contribution in [0.15, 0.2) is 47.0 Å². The van der Waals surface area contributed by atoms with Gasteiger partial charge < -0.3 is 14.5 Å². The van der Waals surface area contributed by atoms with E-state index in [1.165, 1.54) is 18.4 Å². The van der Waals surface area contributed by atoms with E-state index in [9.17, 15) is 4.79 Å². The SMILES string of the molecule is COC(=O)c1ccc(CNc2nn3cc(-c4ccc(Cl)cc4)nc3s2)o1. The summed E-state index contributed by atoms with van der Waals surface area (Å²) in [6.45, 7) is 0.400. The second-order valence-corrected chi connectivity index (χ2v) is 6.77. The van der Waals surface area contributed by atoms with E-state index in [0.717, 1.165) is 16.2 Å². The quantitative estimate of drug-likeness (QED) is 0.518. The first-order valence-electron chi connectivity index (χ1n) is 7.65. The summed E-state index contributed by atoms with van der Waals surface area (Å²) in [6.07, 6.45) is 1.86. The second kappa shape index (κ2) is 6.81. The highest BCUT2D eigenvalue weighted by Crippen LogP contribution is 2.25. The van der Waals surface area contributed by atoms with E-state index in [1.54, 1.807) is 16.6 Å². The van der Waals surface area contributed by atoms with Gasteiger partial charge in [0.2, 0.25) is 15.9 Å². The molecule has 0 saturated carbocycles. The zero-order chi connectivity index (χ0) is 18.1. The van der Waals surface area contributed by atoms with E-state index >= 15 is 0 Å². The van der Waals surface area contributed by atoms with Crippen LogP contribution >= 0.6 is 22.9 Å². The van der Waals surface area contributed by atoms with Gasteiger partial charge in [0, 0.05) is 10.6 Å². The Balaban J connectivity index is 1.46. The van der Waals surface area contributed by atoms with Crippen molar-refractivity contribution in [2.24, 2.45) is 0 Å². The zero-order valence-electron chi connectivity index (χ0n) is 13.6. The summed E-state index contributed by atoms with van der Waals surface area (Å²) in [5, 5.41) is 9.00. The summed E-state index contributed by atoms with van der Waals surface area (Å²) >= 11 is 7.34. The number of rotatable bonds is 5. The van der Waals surface area contributed by atoms with Gasteiger partial charge in [0.1, 0.15) is 5.76 Å². The Kier molecular flexibility index (Phi) is 4.36. The van der Waals surface area contributed by atoms with Crippen molar-refractivity contribution >= 4 is 39.0 Å². The summed E-state index contributed by atoms with van der Waals surface area (Å²) in [7, 11) is 1.31. The number of carbonyl (C=O) groups excluding carboxylic acids is 1. The number of anilines is 1. The number of hydrogen-bond acceptors (Lipinski definition) is 7. The van der Waals surface area contributed by atoms with Crippen molar-refractivity contribution in [1.29, 1.82) is 0 Å². The molecule has 0 aliphatic rings. The van der Waals surface area contributed by atoms with Gasteiger partial charge in [-0.3, -0.25) is 0 Å². The third-order valence-electron chi connectivity index (χ3n) is 3.65. The van der Waals surface area contributed by atoms with Crippen LogP contribution in [-0.2, 0) is 11.3 Å². The molecule has 1 N–H and O–H groups in total. The summed E-state index contributed by atoms with van der Waals surface area (Å²) in [4.78, 5) is 16.7. The maximum Gasteiger partial charge on any atom is 0.373 e. The minimum Gasteiger partial charge on any atom is -0.463 e. The van der Waals surface area contributed by atoms with Crippen LogP contribution in [-0.4, -0.2) is 27.7 Å². The maximum atomic E-state index is 11.4. The average molecular weight is 389 g/mol. The summed E-state index contributed by atoms with van der Waals surface area (Å²) in [5.74, 6) is 0.282. The zero-order valence-corrected chi connectivity index (χ0v) is 15.2. The lowest BCUT2D eigenvalue weighted by Crippen LogP contribution is -2.00. The molecule has 3 heterocycles. The maximum absolute atomic E-state index is 11.4. The summed E-state index contributed by atoms with van der Waals surface area (Å²) < 4.78 is 11.7. The predicted octanol–water partition coefficient (Wildman–Crippen LogP) is 4.10. The molecule has 0 radical (unpaired) electrons. The standard InChI is InChI=1S/C17H13ClN4O3S/c1-24-15(23)14-7-6-12(25-14)8-19-16-21-22-9-13(20-17(22)26-16)10-2-4-11(18)5-3-10/h2-7,9H,8H2,1H3,(H,19,21). The molecule has 4 rings (SSSR count). The van der Waals surface area contributed by atoms with Gasteiger partial charge in [-0.2, -0.15) is 0 Å². The number of fused-ring (bicyclic) bond motifs is 1. The Bertz CT molecular complexity index is 1040. The van der Waals surface area contributed by atoms with Crippen LogP contribution in [0.5, 0.6) is 0 Å². The van der Waals surface area contributed by atoms with Crippen molar-refractivity contribution in [3.63, 3.8) is 0 Å². The number of nitrogens with zero attached hydrogens (tertiary/aromatic N) is 3. The van der Waals surface area contributed by atoms with E-state index in [1.807, 2.05) is 30.5 Å². The Hall–Kier alpha value is -2.84. The first-order valence-corrected chi connectivity index (χ1v) is 8.85. The Morgan fingerprint density at radius 2 is 2.12 bits per heavy atom. The molecular formula is C17H13ClN4O3S. The Labute approximate surface area is 157 Å². The van der Waals surface area contributed by atoms with Gasteiger partial charge in [-0.1, -0.05) is 35.1 Å². The van der Waals surface area contributed by atoms with E-state index in [0.29, 0.717) is 22.5 Å². The molecule has 9 heteroatoms. The van der Waals surface area contributed by atoms with Gasteiger partial charge in [-0.15, -0.1) is 5.10 Å². The second-order valence-electron chi connectivity index (χ2n) is 5.38. The number of halogens is 1. The van der Waals surface area contributed by atoms with Crippen LogP contribution in [0.25, 0.3) is 16.2 Å². The third-order valence-corrected chi connectivity index (χ3v) is 4.78. The van der Waals surface area contributed by atoms with Gasteiger partial charge in [0.15, 0.2) is 0 Å². The van der Waals surface area contributed by atoms with Crippen molar-refractivity contribution in [2.45, 2.75) is 6.54 Å². The number of benzene rings is 1. The monoisotopic (exact) mass is 388 g/mol. The number of carbonyl (C=O) groups is 1.